The summed E-state index contributed by atoms with van der Waals surface area (Å²) >= 11 is 1.50. The van der Waals surface area contributed by atoms with Gasteiger partial charge in [0.2, 0.25) is 0 Å². The molecule has 4 nitrogen and oxygen atoms in total. The third-order valence-electron chi connectivity index (χ3n) is 9.61. The molecule has 4 aliphatic carbocycles. The zero-order chi connectivity index (χ0) is 20.6. The van der Waals surface area contributed by atoms with Gasteiger partial charge in [-0.1, -0.05) is 31.2 Å². The maximum atomic E-state index is 12.2. The first kappa shape index (κ1) is 19.8. The molecule has 0 N–H and O–H groups in total. The topological polar surface area (TPSA) is 60.4 Å². The zero-order valence-electron chi connectivity index (χ0n) is 17.8. The van der Waals surface area contributed by atoms with E-state index in [-0.39, 0.29) is 38.5 Å². The van der Waals surface area contributed by atoms with Crippen LogP contribution in [0.3, 0.4) is 0 Å². The van der Waals surface area contributed by atoms with Gasteiger partial charge in [0.25, 0.3) is 0 Å². The van der Waals surface area contributed by atoms with Crippen LogP contribution in [-0.4, -0.2) is 27.7 Å². The summed E-state index contributed by atoms with van der Waals surface area (Å²) < 4.78 is 6.06. The van der Waals surface area contributed by atoms with Gasteiger partial charge in [0.15, 0.2) is 10.9 Å². The normalized spacial score (nSPS) is 48.6. The molecular formula is C24H32O4S. The standard InChI is InChI=1S/C24H32O4S/c1-14(25)29-19-13-15-12-16(26)4-8-22(15,2)17-5-9-23(3)18(21(17)19)6-10-24(23)11-7-20(27)28-24/h12,17-19,21H,4-11,13H2,1-3H3/t17-,18-,19+,21+,22-,23?,24+/m0/s1. The van der Waals surface area contributed by atoms with Crippen molar-refractivity contribution in [2.45, 2.75) is 89.4 Å². The van der Waals surface area contributed by atoms with Crippen molar-refractivity contribution in [1.82, 2.24) is 0 Å². The molecule has 3 saturated carbocycles. The minimum absolute atomic E-state index is 0.0119. The third-order valence-corrected chi connectivity index (χ3v) is 10.7. The largest absolute Gasteiger partial charge is 0.458 e. The Morgan fingerprint density at radius 1 is 1.07 bits per heavy atom. The Bertz CT molecular complexity index is 818. The first-order valence-corrected chi connectivity index (χ1v) is 12.2. The number of hydrogen-bond acceptors (Lipinski definition) is 5. The van der Waals surface area contributed by atoms with E-state index in [1.165, 1.54) is 17.3 Å². The third kappa shape index (κ3) is 2.68. The van der Waals surface area contributed by atoms with E-state index >= 15 is 0 Å². The van der Waals surface area contributed by atoms with Crippen molar-refractivity contribution in [3.63, 3.8) is 0 Å². The Kier molecular flexibility index (Phi) is 4.41. The molecule has 1 aliphatic heterocycles. The van der Waals surface area contributed by atoms with Crippen LogP contribution < -0.4 is 0 Å². The van der Waals surface area contributed by atoms with E-state index in [0.29, 0.717) is 30.6 Å². The predicted molar refractivity (Wildman–Crippen MR) is 112 cm³/mol. The number of thioether (sulfide) groups is 1. The number of ether oxygens (including phenoxy) is 1. The van der Waals surface area contributed by atoms with Gasteiger partial charge in [0, 0.05) is 30.4 Å². The van der Waals surface area contributed by atoms with Crippen molar-refractivity contribution in [1.29, 1.82) is 0 Å². The molecule has 0 bridgehead atoms. The molecule has 158 valence electrons. The Balaban J connectivity index is 1.56. The van der Waals surface area contributed by atoms with Gasteiger partial charge in [-0.25, -0.2) is 0 Å². The molecule has 7 atom stereocenters. The van der Waals surface area contributed by atoms with Crippen LogP contribution in [0, 0.1) is 28.6 Å². The summed E-state index contributed by atoms with van der Waals surface area (Å²) in [7, 11) is 0. The van der Waals surface area contributed by atoms with Crippen molar-refractivity contribution in [3.8, 4) is 0 Å². The van der Waals surface area contributed by atoms with E-state index in [9.17, 15) is 14.4 Å². The summed E-state index contributed by atoms with van der Waals surface area (Å²) in [4.78, 5) is 36.4. The number of carbonyl (C=O) groups is 3. The number of rotatable bonds is 1. The molecule has 0 radical (unpaired) electrons. The summed E-state index contributed by atoms with van der Waals surface area (Å²) in [5.74, 6) is 1.67. The van der Waals surface area contributed by atoms with E-state index < -0.39 is 0 Å². The van der Waals surface area contributed by atoms with Gasteiger partial charge in [-0.15, -0.1) is 0 Å². The molecule has 5 heteroatoms. The van der Waals surface area contributed by atoms with E-state index in [0.717, 1.165) is 44.9 Å². The van der Waals surface area contributed by atoms with Crippen LogP contribution in [0.25, 0.3) is 0 Å². The number of ketones is 1. The summed E-state index contributed by atoms with van der Waals surface area (Å²) in [6.07, 6.45) is 10.0. The molecule has 1 unspecified atom stereocenters. The molecular weight excluding hydrogens is 384 g/mol. The highest BCUT2D eigenvalue weighted by atomic mass is 32.2. The molecule has 1 saturated heterocycles. The molecule has 0 aromatic carbocycles. The van der Waals surface area contributed by atoms with E-state index in [1.54, 1.807) is 6.92 Å². The fraction of sp³-hybridized carbons (Fsp3) is 0.792. The highest BCUT2D eigenvalue weighted by Gasteiger charge is 2.68. The Hall–Kier alpha value is -1.10. The Morgan fingerprint density at radius 3 is 2.52 bits per heavy atom. The Morgan fingerprint density at radius 2 is 1.83 bits per heavy atom. The van der Waals surface area contributed by atoms with Crippen LogP contribution in [-0.2, 0) is 19.1 Å². The van der Waals surface area contributed by atoms with Crippen molar-refractivity contribution < 1.29 is 19.1 Å². The molecule has 4 fully saturated rings. The van der Waals surface area contributed by atoms with Crippen LogP contribution in [0.15, 0.2) is 11.6 Å². The summed E-state index contributed by atoms with van der Waals surface area (Å²) in [6.45, 7) is 6.42. The number of fused-ring (bicyclic) bond motifs is 6. The minimum atomic E-state index is -0.287. The summed E-state index contributed by atoms with van der Waals surface area (Å²) in [5, 5.41) is 0.409. The lowest BCUT2D eigenvalue weighted by molar-refractivity contribution is -0.167. The zero-order valence-corrected chi connectivity index (χ0v) is 18.6. The highest BCUT2D eigenvalue weighted by Crippen LogP contribution is 2.70. The SMILES string of the molecule is CC(=O)S[C@@H]1CC2=CC(=O)CC[C@]2(C)[C@H]2CCC3(C)[C@@H](CC[C@@]34CCC(=O)O4)[C@H]12. The number of carbonyl (C=O) groups excluding carboxylic acids is 3. The molecule has 0 aromatic heterocycles. The van der Waals surface area contributed by atoms with Crippen molar-refractivity contribution in [3.05, 3.63) is 11.6 Å². The lowest BCUT2D eigenvalue weighted by Gasteiger charge is -2.61. The van der Waals surface area contributed by atoms with E-state index in [4.69, 9.17) is 4.74 Å². The van der Waals surface area contributed by atoms with Gasteiger partial charge >= 0.3 is 5.97 Å². The van der Waals surface area contributed by atoms with Crippen molar-refractivity contribution in [2.75, 3.05) is 0 Å². The van der Waals surface area contributed by atoms with Crippen LogP contribution in [0.1, 0.15) is 78.6 Å². The lowest BCUT2D eigenvalue weighted by Crippen LogP contribution is -2.57. The van der Waals surface area contributed by atoms with Crippen molar-refractivity contribution >= 4 is 28.6 Å². The molecule has 0 amide bonds. The second-order valence-electron chi connectivity index (χ2n) is 10.7. The molecule has 5 rings (SSSR count). The second-order valence-corrected chi connectivity index (χ2v) is 12.1. The fourth-order valence-electron chi connectivity index (χ4n) is 8.13. The van der Waals surface area contributed by atoms with Crippen molar-refractivity contribution in [2.24, 2.45) is 28.6 Å². The van der Waals surface area contributed by atoms with Gasteiger partial charge in [-0.05, 0) is 74.2 Å². The molecule has 5 aliphatic rings. The maximum absolute atomic E-state index is 12.2. The highest BCUT2D eigenvalue weighted by molar-refractivity contribution is 8.14. The van der Waals surface area contributed by atoms with Crippen LogP contribution in [0.4, 0.5) is 0 Å². The number of hydrogen-bond donors (Lipinski definition) is 0. The average molecular weight is 417 g/mol. The van der Waals surface area contributed by atoms with Crippen LogP contribution in [0.2, 0.25) is 0 Å². The molecule has 29 heavy (non-hydrogen) atoms. The summed E-state index contributed by atoms with van der Waals surface area (Å²) in [6, 6.07) is 0. The summed E-state index contributed by atoms with van der Waals surface area (Å²) in [5.41, 5.74) is 1.09. The first-order valence-electron chi connectivity index (χ1n) is 11.3. The van der Waals surface area contributed by atoms with Gasteiger partial charge < -0.3 is 4.74 Å². The van der Waals surface area contributed by atoms with Crippen LogP contribution in [0.5, 0.6) is 0 Å². The monoisotopic (exact) mass is 416 g/mol. The number of esters is 1. The second kappa shape index (κ2) is 6.45. The average Bonchev–Trinajstić information content (AvgIpc) is 3.17. The quantitative estimate of drug-likeness (QED) is 0.572. The molecule has 0 aromatic rings. The molecule has 1 spiro atoms. The van der Waals surface area contributed by atoms with E-state index in [1.807, 2.05) is 6.08 Å². The maximum Gasteiger partial charge on any atom is 0.306 e. The molecule has 1 heterocycles. The van der Waals surface area contributed by atoms with Gasteiger partial charge in [0.05, 0.1) is 0 Å². The smallest absolute Gasteiger partial charge is 0.306 e. The van der Waals surface area contributed by atoms with Gasteiger partial charge in [0.1, 0.15) is 5.60 Å². The predicted octanol–water partition coefficient (Wildman–Crippen LogP) is 4.85. The number of allylic oxidation sites excluding steroid dienone is 1. The van der Waals surface area contributed by atoms with Crippen LogP contribution >= 0.6 is 11.8 Å². The van der Waals surface area contributed by atoms with Gasteiger partial charge in [-0.3, -0.25) is 14.4 Å². The lowest BCUT2D eigenvalue weighted by atomic mass is 9.46. The Labute approximate surface area is 177 Å². The van der Waals surface area contributed by atoms with Gasteiger partial charge in [-0.2, -0.15) is 0 Å². The first-order chi connectivity index (χ1) is 13.7. The minimum Gasteiger partial charge on any atom is -0.458 e. The van der Waals surface area contributed by atoms with E-state index in [2.05, 4.69) is 13.8 Å². The fourth-order valence-corrected chi connectivity index (χ4v) is 9.36.